The summed E-state index contributed by atoms with van der Waals surface area (Å²) in [6.45, 7) is 2.33. The molecule has 1 atom stereocenters. The predicted octanol–water partition coefficient (Wildman–Crippen LogP) is 1.73. The zero-order valence-corrected chi connectivity index (χ0v) is 17.6. The first-order valence-electron chi connectivity index (χ1n) is 9.67. The second kappa shape index (κ2) is 8.81. The fourth-order valence-electron chi connectivity index (χ4n) is 3.43. The van der Waals surface area contributed by atoms with Gasteiger partial charge < -0.3 is 9.64 Å². The molecule has 4 heterocycles. The summed E-state index contributed by atoms with van der Waals surface area (Å²) in [5.74, 6) is 0.626. The SMILES string of the molecule is CS(=O)(=O)NCC1COCCN(c2cc(-c3cnc4ccc(C(F)F)nn34)ccn2)C1. The summed E-state index contributed by atoms with van der Waals surface area (Å²) in [4.78, 5) is 10.7. The van der Waals surface area contributed by atoms with E-state index < -0.39 is 16.4 Å². The first-order chi connectivity index (χ1) is 14.8. The maximum atomic E-state index is 13.1. The van der Waals surface area contributed by atoms with Gasteiger partial charge in [0.15, 0.2) is 5.65 Å². The highest BCUT2D eigenvalue weighted by Crippen LogP contribution is 2.26. The lowest BCUT2D eigenvalue weighted by Gasteiger charge is -2.25. The van der Waals surface area contributed by atoms with Crippen LogP contribution >= 0.6 is 0 Å². The van der Waals surface area contributed by atoms with Crippen molar-refractivity contribution in [2.45, 2.75) is 6.43 Å². The molecular weight excluding hydrogens is 430 g/mol. The Bertz CT molecular complexity index is 1170. The normalized spacial score (nSPS) is 17.9. The second-order valence-corrected chi connectivity index (χ2v) is 9.22. The van der Waals surface area contributed by atoms with Gasteiger partial charge in [0.25, 0.3) is 6.43 Å². The van der Waals surface area contributed by atoms with E-state index in [9.17, 15) is 17.2 Å². The standard InChI is InChI=1S/C19H22F2N6O3S/c1-31(28,29)24-9-13-11-26(6-7-30-12-13)18-8-14(4-5-22-18)16-10-23-17-3-2-15(19(20)21)25-27(16)17/h2-5,8,10,13,19,24H,6-7,9,11-12H2,1H3. The van der Waals surface area contributed by atoms with Crippen molar-refractivity contribution >= 4 is 21.5 Å². The number of alkyl halides is 2. The van der Waals surface area contributed by atoms with E-state index in [1.165, 1.54) is 16.6 Å². The molecule has 0 spiro atoms. The monoisotopic (exact) mass is 452 g/mol. The van der Waals surface area contributed by atoms with Crippen LogP contribution in [0.4, 0.5) is 14.6 Å². The number of fused-ring (bicyclic) bond motifs is 1. The Balaban J connectivity index is 1.61. The number of sulfonamides is 1. The number of aromatic nitrogens is 4. The third kappa shape index (κ3) is 5.14. The molecule has 1 aliphatic rings. The highest BCUT2D eigenvalue weighted by atomic mass is 32.2. The first kappa shape index (κ1) is 21.5. The molecule has 1 fully saturated rings. The molecule has 1 aliphatic heterocycles. The highest BCUT2D eigenvalue weighted by Gasteiger charge is 2.22. The van der Waals surface area contributed by atoms with Crippen LogP contribution in [-0.4, -0.2) is 67.1 Å². The number of halogens is 2. The molecule has 9 nitrogen and oxygen atoms in total. The summed E-state index contributed by atoms with van der Waals surface area (Å²) in [5, 5.41) is 4.01. The van der Waals surface area contributed by atoms with Gasteiger partial charge >= 0.3 is 0 Å². The smallest absolute Gasteiger partial charge is 0.282 e. The van der Waals surface area contributed by atoms with E-state index in [1.807, 2.05) is 11.0 Å². The van der Waals surface area contributed by atoms with Crippen molar-refractivity contribution in [2.24, 2.45) is 5.92 Å². The molecule has 4 rings (SSSR count). The molecule has 0 aliphatic carbocycles. The second-order valence-electron chi connectivity index (χ2n) is 7.38. The lowest BCUT2D eigenvalue weighted by molar-refractivity contribution is 0.125. The van der Waals surface area contributed by atoms with Crippen LogP contribution in [0.25, 0.3) is 16.9 Å². The van der Waals surface area contributed by atoms with Crippen molar-refractivity contribution in [1.29, 1.82) is 0 Å². The van der Waals surface area contributed by atoms with Crippen molar-refractivity contribution in [3.05, 3.63) is 42.4 Å². The number of rotatable bonds is 6. The van der Waals surface area contributed by atoms with Crippen LogP contribution in [-0.2, 0) is 14.8 Å². The van der Waals surface area contributed by atoms with Crippen molar-refractivity contribution in [1.82, 2.24) is 24.3 Å². The number of hydrogen-bond acceptors (Lipinski definition) is 7. The highest BCUT2D eigenvalue weighted by molar-refractivity contribution is 7.88. The number of nitrogens with one attached hydrogen (secondary N) is 1. The van der Waals surface area contributed by atoms with E-state index in [0.29, 0.717) is 43.5 Å². The fraction of sp³-hybridized carbons (Fsp3) is 0.421. The molecule has 3 aromatic rings. The third-order valence-corrected chi connectivity index (χ3v) is 5.63. The van der Waals surface area contributed by atoms with Gasteiger partial charge in [0.2, 0.25) is 10.0 Å². The molecule has 0 amide bonds. The van der Waals surface area contributed by atoms with Crippen LogP contribution in [0.3, 0.4) is 0 Å². The largest absolute Gasteiger partial charge is 0.379 e. The minimum atomic E-state index is -3.29. The average Bonchev–Trinajstić information content (AvgIpc) is 3.01. The molecule has 166 valence electrons. The molecule has 1 unspecified atom stereocenters. The van der Waals surface area contributed by atoms with Crippen LogP contribution in [0.15, 0.2) is 36.7 Å². The summed E-state index contributed by atoms with van der Waals surface area (Å²) in [5.41, 5.74) is 1.44. The van der Waals surface area contributed by atoms with Crippen molar-refractivity contribution in [2.75, 3.05) is 44.0 Å². The van der Waals surface area contributed by atoms with Gasteiger partial charge in [-0.2, -0.15) is 5.10 Å². The van der Waals surface area contributed by atoms with Gasteiger partial charge in [0.1, 0.15) is 11.5 Å². The van der Waals surface area contributed by atoms with Crippen LogP contribution in [0.2, 0.25) is 0 Å². The Morgan fingerprint density at radius 2 is 2.13 bits per heavy atom. The van der Waals surface area contributed by atoms with E-state index >= 15 is 0 Å². The van der Waals surface area contributed by atoms with E-state index in [0.717, 1.165) is 11.8 Å². The van der Waals surface area contributed by atoms with Gasteiger partial charge in [-0.25, -0.2) is 36.4 Å². The minimum Gasteiger partial charge on any atom is -0.379 e. The summed E-state index contributed by atoms with van der Waals surface area (Å²) in [7, 11) is -3.29. The Labute approximate surface area is 178 Å². The fourth-order valence-corrected chi connectivity index (χ4v) is 3.97. The lowest BCUT2D eigenvalue weighted by atomic mass is 10.1. The molecule has 0 radical (unpaired) electrons. The summed E-state index contributed by atoms with van der Waals surface area (Å²) in [6, 6.07) is 6.37. The molecule has 1 saturated heterocycles. The van der Waals surface area contributed by atoms with Crippen molar-refractivity contribution in [3.8, 4) is 11.3 Å². The maximum Gasteiger partial charge on any atom is 0.282 e. The summed E-state index contributed by atoms with van der Waals surface area (Å²) >= 11 is 0. The predicted molar refractivity (Wildman–Crippen MR) is 111 cm³/mol. The topological polar surface area (TPSA) is 102 Å². The molecule has 0 aromatic carbocycles. The summed E-state index contributed by atoms with van der Waals surface area (Å²) in [6.07, 6.45) is 1.66. The minimum absolute atomic E-state index is 0.0475. The number of pyridine rings is 1. The Morgan fingerprint density at radius 1 is 1.29 bits per heavy atom. The van der Waals surface area contributed by atoms with Crippen LogP contribution < -0.4 is 9.62 Å². The van der Waals surface area contributed by atoms with Gasteiger partial charge in [0.05, 0.1) is 31.4 Å². The van der Waals surface area contributed by atoms with Crippen molar-refractivity contribution < 1.29 is 21.9 Å². The zero-order chi connectivity index (χ0) is 22.0. The van der Waals surface area contributed by atoms with Gasteiger partial charge in [0, 0.05) is 37.3 Å². The van der Waals surface area contributed by atoms with Gasteiger partial charge in [-0.05, 0) is 24.3 Å². The molecule has 0 saturated carbocycles. The summed E-state index contributed by atoms with van der Waals surface area (Å²) < 4.78 is 58.6. The number of hydrogen-bond donors (Lipinski definition) is 1. The zero-order valence-electron chi connectivity index (χ0n) is 16.8. The first-order valence-corrected chi connectivity index (χ1v) is 11.6. The number of anilines is 1. The quantitative estimate of drug-likeness (QED) is 0.608. The van der Waals surface area contributed by atoms with Crippen LogP contribution in [0.1, 0.15) is 12.1 Å². The third-order valence-electron chi connectivity index (χ3n) is 4.94. The van der Waals surface area contributed by atoms with Gasteiger partial charge in [-0.1, -0.05) is 0 Å². The maximum absolute atomic E-state index is 13.1. The Kier molecular flexibility index (Phi) is 6.12. The number of ether oxygens (including phenoxy) is 1. The molecule has 12 heteroatoms. The number of imidazole rings is 1. The van der Waals surface area contributed by atoms with Crippen molar-refractivity contribution in [3.63, 3.8) is 0 Å². The van der Waals surface area contributed by atoms with Crippen LogP contribution in [0, 0.1) is 5.92 Å². The van der Waals surface area contributed by atoms with Gasteiger partial charge in [-0.15, -0.1) is 0 Å². The molecule has 0 bridgehead atoms. The Morgan fingerprint density at radius 3 is 2.90 bits per heavy atom. The lowest BCUT2D eigenvalue weighted by Crippen LogP contribution is -2.37. The van der Waals surface area contributed by atoms with E-state index in [-0.39, 0.29) is 18.2 Å². The van der Waals surface area contributed by atoms with E-state index in [2.05, 4.69) is 19.8 Å². The average molecular weight is 452 g/mol. The Hall–Kier alpha value is -2.70. The number of nitrogens with zero attached hydrogens (tertiary/aromatic N) is 5. The molecule has 31 heavy (non-hydrogen) atoms. The molecule has 3 aromatic heterocycles. The molecule has 1 N–H and O–H groups in total. The molecular formula is C19H22F2N6O3S. The van der Waals surface area contributed by atoms with E-state index in [4.69, 9.17) is 4.74 Å². The van der Waals surface area contributed by atoms with E-state index in [1.54, 1.807) is 18.5 Å². The van der Waals surface area contributed by atoms with Gasteiger partial charge in [-0.3, -0.25) is 0 Å². The van der Waals surface area contributed by atoms with Crippen LogP contribution in [0.5, 0.6) is 0 Å².